The Morgan fingerprint density at radius 3 is 2.29 bits per heavy atom. The van der Waals surface area contributed by atoms with Gasteiger partial charge < -0.3 is 9.64 Å². The number of esters is 1. The molecule has 4 aliphatic rings. The van der Waals surface area contributed by atoms with Crippen LogP contribution in [-0.2, 0) is 19.7 Å². The molecule has 1 amide bonds. The maximum atomic E-state index is 12.9. The van der Waals surface area contributed by atoms with Crippen LogP contribution < -0.4 is 0 Å². The summed E-state index contributed by atoms with van der Waals surface area (Å²) in [4.78, 5) is 26.6. The quantitative estimate of drug-likeness (QED) is 0.738. The Balaban J connectivity index is 1.14. The fraction of sp³-hybridized carbons (Fsp3) is 0.667. The third kappa shape index (κ3) is 2.96. The highest BCUT2D eigenvalue weighted by Crippen LogP contribution is 2.55. The second-order valence-corrected chi connectivity index (χ2v) is 10.1. The zero-order chi connectivity index (χ0) is 19.5. The van der Waals surface area contributed by atoms with Crippen molar-refractivity contribution in [3.05, 3.63) is 35.4 Å². The van der Waals surface area contributed by atoms with Crippen LogP contribution in [0.3, 0.4) is 0 Å². The van der Waals surface area contributed by atoms with Gasteiger partial charge in [0.05, 0.1) is 6.42 Å². The summed E-state index contributed by atoms with van der Waals surface area (Å²) in [5.41, 5.74) is 3.28. The molecule has 150 valence electrons. The average Bonchev–Trinajstić information content (AvgIpc) is 3.35. The van der Waals surface area contributed by atoms with Gasteiger partial charge >= 0.3 is 5.97 Å². The summed E-state index contributed by atoms with van der Waals surface area (Å²) in [7, 11) is 0. The van der Waals surface area contributed by atoms with Gasteiger partial charge in [0.15, 0.2) is 0 Å². The Kier molecular flexibility index (Phi) is 4.12. The first kappa shape index (κ1) is 18.2. The number of ether oxygens (including phenoxy) is 1. The highest BCUT2D eigenvalue weighted by Gasteiger charge is 2.57. The number of carbonyl (C=O) groups is 2. The van der Waals surface area contributed by atoms with Gasteiger partial charge in [-0.3, -0.25) is 9.59 Å². The van der Waals surface area contributed by atoms with Crippen molar-refractivity contribution in [2.24, 2.45) is 11.3 Å². The Labute approximate surface area is 167 Å². The largest absolute Gasteiger partial charge is 0.462 e. The first-order chi connectivity index (χ1) is 13.4. The van der Waals surface area contributed by atoms with Gasteiger partial charge in [0.2, 0.25) is 5.91 Å². The molecule has 2 saturated heterocycles. The lowest BCUT2D eigenvalue weighted by Gasteiger charge is -2.47. The fourth-order valence-electron chi connectivity index (χ4n) is 5.69. The van der Waals surface area contributed by atoms with E-state index in [-0.39, 0.29) is 23.4 Å². The van der Waals surface area contributed by atoms with E-state index in [0.29, 0.717) is 23.7 Å². The molecule has 2 aliphatic heterocycles. The minimum absolute atomic E-state index is 0.0318. The summed E-state index contributed by atoms with van der Waals surface area (Å²) in [5, 5.41) is 0. The van der Waals surface area contributed by atoms with Gasteiger partial charge in [-0.05, 0) is 67.9 Å². The van der Waals surface area contributed by atoms with E-state index in [1.165, 1.54) is 24.0 Å². The molecule has 4 heteroatoms. The van der Waals surface area contributed by atoms with E-state index in [2.05, 4.69) is 36.1 Å². The number of hydrogen-bond acceptors (Lipinski definition) is 3. The molecule has 1 aromatic carbocycles. The molecule has 1 spiro atoms. The average molecular weight is 382 g/mol. The highest BCUT2D eigenvalue weighted by molar-refractivity contribution is 5.81. The number of amides is 1. The molecule has 2 aliphatic carbocycles. The number of benzene rings is 1. The minimum atomic E-state index is -0.0964. The van der Waals surface area contributed by atoms with E-state index in [4.69, 9.17) is 4.74 Å². The molecular weight excluding hydrogens is 350 g/mol. The summed E-state index contributed by atoms with van der Waals surface area (Å²) in [6.07, 6.45) is 6.84. The molecule has 2 heterocycles. The SMILES string of the molecule is C[C@H]1OC(=O)CC12CC(C(=O)N1CCC(c3ccc(C4(C)CC4)cc3)CC1)C2. The van der Waals surface area contributed by atoms with Crippen molar-refractivity contribution in [1.82, 2.24) is 4.90 Å². The maximum Gasteiger partial charge on any atom is 0.306 e. The minimum Gasteiger partial charge on any atom is -0.462 e. The summed E-state index contributed by atoms with van der Waals surface area (Å²) in [6, 6.07) is 9.27. The Morgan fingerprint density at radius 1 is 1.11 bits per heavy atom. The second-order valence-electron chi connectivity index (χ2n) is 10.1. The Morgan fingerprint density at radius 2 is 1.75 bits per heavy atom. The topological polar surface area (TPSA) is 46.6 Å². The molecule has 0 unspecified atom stereocenters. The summed E-state index contributed by atoms with van der Waals surface area (Å²) < 4.78 is 5.32. The van der Waals surface area contributed by atoms with Gasteiger partial charge in [-0.1, -0.05) is 31.2 Å². The van der Waals surface area contributed by atoms with Gasteiger partial charge in [0.25, 0.3) is 0 Å². The molecule has 4 nitrogen and oxygen atoms in total. The molecule has 0 aromatic heterocycles. The maximum absolute atomic E-state index is 12.9. The standard InChI is InChI=1S/C24H31NO3/c1-16-24(15-21(26)28-16)13-19(14-24)22(27)25-11-7-18(8-12-25)17-3-5-20(6-4-17)23(2)9-10-23/h3-6,16,18-19H,7-15H2,1-2H3/t16-,19?,24?/m1/s1. The van der Waals surface area contributed by atoms with Crippen LogP contribution in [0.25, 0.3) is 0 Å². The molecule has 2 saturated carbocycles. The van der Waals surface area contributed by atoms with Crippen molar-refractivity contribution in [3.8, 4) is 0 Å². The van der Waals surface area contributed by atoms with Crippen molar-refractivity contribution in [2.75, 3.05) is 13.1 Å². The van der Waals surface area contributed by atoms with Crippen molar-refractivity contribution < 1.29 is 14.3 Å². The highest BCUT2D eigenvalue weighted by atomic mass is 16.6. The lowest BCUT2D eigenvalue weighted by molar-refractivity contribution is -0.147. The molecule has 1 aromatic rings. The predicted octanol–water partition coefficient (Wildman–Crippen LogP) is 4.18. The van der Waals surface area contributed by atoms with Crippen LogP contribution in [0.2, 0.25) is 0 Å². The molecule has 0 bridgehead atoms. The number of hydrogen-bond donors (Lipinski definition) is 0. The van der Waals surface area contributed by atoms with Crippen LogP contribution in [-0.4, -0.2) is 36.0 Å². The van der Waals surface area contributed by atoms with Crippen LogP contribution in [0.1, 0.15) is 75.8 Å². The number of rotatable bonds is 3. The van der Waals surface area contributed by atoms with E-state index < -0.39 is 0 Å². The first-order valence-electron chi connectivity index (χ1n) is 11.0. The predicted molar refractivity (Wildman–Crippen MR) is 107 cm³/mol. The van der Waals surface area contributed by atoms with Crippen LogP contribution >= 0.6 is 0 Å². The van der Waals surface area contributed by atoms with Crippen molar-refractivity contribution >= 4 is 11.9 Å². The lowest BCUT2D eigenvalue weighted by atomic mass is 9.58. The zero-order valence-corrected chi connectivity index (χ0v) is 17.1. The Bertz CT molecular complexity index is 781. The van der Waals surface area contributed by atoms with Gasteiger partial charge in [-0.15, -0.1) is 0 Å². The Hall–Kier alpha value is -1.84. The van der Waals surface area contributed by atoms with E-state index >= 15 is 0 Å². The number of piperidine rings is 1. The lowest BCUT2D eigenvalue weighted by Crippen LogP contribution is -2.51. The van der Waals surface area contributed by atoms with Crippen molar-refractivity contribution in [3.63, 3.8) is 0 Å². The first-order valence-corrected chi connectivity index (χ1v) is 11.0. The second kappa shape index (κ2) is 6.33. The molecule has 28 heavy (non-hydrogen) atoms. The monoisotopic (exact) mass is 381 g/mol. The number of carbonyl (C=O) groups excluding carboxylic acids is 2. The summed E-state index contributed by atoms with van der Waals surface area (Å²) >= 11 is 0. The van der Waals surface area contributed by atoms with E-state index in [9.17, 15) is 9.59 Å². The van der Waals surface area contributed by atoms with Gasteiger partial charge in [0.1, 0.15) is 6.10 Å². The van der Waals surface area contributed by atoms with Crippen LogP contribution in [0.4, 0.5) is 0 Å². The molecule has 1 atom stereocenters. The number of nitrogens with zero attached hydrogens (tertiary/aromatic N) is 1. The van der Waals surface area contributed by atoms with Gasteiger partial charge in [-0.2, -0.15) is 0 Å². The fourth-order valence-corrected chi connectivity index (χ4v) is 5.69. The molecule has 0 N–H and O–H groups in total. The van der Waals surface area contributed by atoms with Gasteiger partial charge in [0, 0.05) is 24.4 Å². The third-order valence-corrected chi connectivity index (χ3v) is 8.21. The number of cyclic esters (lactones) is 1. The molecule has 0 radical (unpaired) electrons. The molecular formula is C24H31NO3. The van der Waals surface area contributed by atoms with E-state index in [0.717, 1.165) is 38.8 Å². The van der Waals surface area contributed by atoms with Gasteiger partial charge in [-0.25, -0.2) is 0 Å². The van der Waals surface area contributed by atoms with E-state index in [1.54, 1.807) is 0 Å². The van der Waals surface area contributed by atoms with Crippen molar-refractivity contribution in [1.29, 1.82) is 0 Å². The summed E-state index contributed by atoms with van der Waals surface area (Å²) in [6.45, 7) is 6.05. The third-order valence-electron chi connectivity index (χ3n) is 8.21. The smallest absolute Gasteiger partial charge is 0.306 e. The van der Waals surface area contributed by atoms with Crippen LogP contribution in [0.5, 0.6) is 0 Å². The molecule has 5 rings (SSSR count). The zero-order valence-electron chi connectivity index (χ0n) is 17.1. The van der Waals surface area contributed by atoms with Crippen LogP contribution in [0.15, 0.2) is 24.3 Å². The molecule has 4 fully saturated rings. The number of likely N-dealkylation sites (tertiary alicyclic amines) is 1. The normalized spacial score (nSPS) is 34.2. The van der Waals surface area contributed by atoms with Crippen molar-refractivity contribution in [2.45, 2.75) is 76.2 Å². The summed E-state index contributed by atoms with van der Waals surface area (Å²) in [5.74, 6) is 0.860. The van der Waals surface area contributed by atoms with Crippen LogP contribution in [0, 0.1) is 11.3 Å². The van der Waals surface area contributed by atoms with E-state index in [1.807, 2.05) is 6.92 Å².